The topological polar surface area (TPSA) is 24.7 Å². The molecule has 0 saturated heterocycles. The lowest BCUT2D eigenvalue weighted by atomic mass is 9.98. The summed E-state index contributed by atoms with van der Waals surface area (Å²) >= 11 is 0. The first-order valence-electron chi connectivity index (χ1n) is 7.34. The molecular weight excluding hydrogens is 244 g/mol. The van der Waals surface area contributed by atoms with Gasteiger partial charge in [0, 0.05) is 30.2 Å². The molecule has 0 aliphatic heterocycles. The Balaban J connectivity index is 1.90. The fourth-order valence-corrected chi connectivity index (χ4v) is 2.78. The van der Waals surface area contributed by atoms with E-state index in [4.69, 9.17) is 4.99 Å². The second-order valence-corrected chi connectivity index (χ2v) is 5.37. The first kappa shape index (κ1) is 13.0. The Morgan fingerprint density at radius 1 is 1.25 bits per heavy atom. The SMILES string of the molecule is C=NC1=C(/C(=N\CC)C2CC2)CC(c2ccccc2)=C1. The van der Waals surface area contributed by atoms with Gasteiger partial charge in [-0.1, -0.05) is 30.3 Å². The summed E-state index contributed by atoms with van der Waals surface area (Å²) in [5.74, 6) is 0.658. The van der Waals surface area contributed by atoms with Gasteiger partial charge in [0.1, 0.15) is 0 Å². The van der Waals surface area contributed by atoms with Crippen LogP contribution in [0.5, 0.6) is 0 Å². The fraction of sp³-hybridized carbons (Fsp3) is 0.333. The van der Waals surface area contributed by atoms with Crippen molar-refractivity contribution in [2.24, 2.45) is 15.9 Å². The Morgan fingerprint density at radius 3 is 2.60 bits per heavy atom. The molecule has 0 spiro atoms. The number of rotatable bonds is 5. The average molecular weight is 264 g/mol. The average Bonchev–Trinajstić information content (AvgIpc) is 3.24. The van der Waals surface area contributed by atoms with E-state index >= 15 is 0 Å². The minimum atomic E-state index is 0.658. The summed E-state index contributed by atoms with van der Waals surface area (Å²) in [5.41, 5.74) is 6.19. The van der Waals surface area contributed by atoms with Crippen LogP contribution in [-0.2, 0) is 0 Å². The molecule has 0 bridgehead atoms. The Morgan fingerprint density at radius 2 is 2.00 bits per heavy atom. The van der Waals surface area contributed by atoms with E-state index in [9.17, 15) is 0 Å². The molecule has 1 aromatic rings. The second-order valence-electron chi connectivity index (χ2n) is 5.37. The van der Waals surface area contributed by atoms with Crippen LogP contribution in [0.2, 0.25) is 0 Å². The minimum absolute atomic E-state index is 0.658. The van der Waals surface area contributed by atoms with Crippen molar-refractivity contribution in [3.8, 4) is 0 Å². The van der Waals surface area contributed by atoms with Gasteiger partial charge in [-0.15, -0.1) is 0 Å². The van der Waals surface area contributed by atoms with Crippen molar-refractivity contribution in [1.82, 2.24) is 0 Å². The normalized spacial score (nSPS) is 19.2. The van der Waals surface area contributed by atoms with E-state index in [2.05, 4.69) is 49.0 Å². The molecule has 2 nitrogen and oxygen atoms in total. The first-order valence-corrected chi connectivity index (χ1v) is 7.34. The summed E-state index contributed by atoms with van der Waals surface area (Å²) < 4.78 is 0. The van der Waals surface area contributed by atoms with E-state index in [1.807, 2.05) is 6.07 Å². The van der Waals surface area contributed by atoms with E-state index in [1.54, 1.807) is 0 Å². The predicted molar refractivity (Wildman–Crippen MR) is 86.3 cm³/mol. The van der Waals surface area contributed by atoms with Gasteiger partial charge >= 0.3 is 0 Å². The van der Waals surface area contributed by atoms with Crippen molar-refractivity contribution in [2.75, 3.05) is 6.54 Å². The standard InChI is InChI=1S/C18H20N2/c1-3-20-18(14-9-10-14)16-11-15(12-17(16)19-2)13-7-5-4-6-8-13/h4-8,12,14H,2-3,9-11H2,1H3/b20-18-. The largest absolute Gasteiger partial charge is 0.289 e. The number of hydrogen-bond donors (Lipinski definition) is 0. The zero-order valence-corrected chi connectivity index (χ0v) is 12.0. The number of hydrogen-bond acceptors (Lipinski definition) is 2. The predicted octanol–water partition coefficient (Wildman–Crippen LogP) is 4.30. The quantitative estimate of drug-likeness (QED) is 0.708. The molecule has 2 aliphatic carbocycles. The Labute approximate surface area is 120 Å². The van der Waals surface area contributed by atoms with Gasteiger partial charge in [0.2, 0.25) is 0 Å². The Hall–Kier alpha value is -1.96. The van der Waals surface area contributed by atoms with Gasteiger partial charge in [0.15, 0.2) is 0 Å². The van der Waals surface area contributed by atoms with Crippen molar-refractivity contribution in [2.45, 2.75) is 26.2 Å². The van der Waals surface area contributed by atoms with Crippen LogP contribution < -0.4 is 0 Å². The Bertz CT molecular complexity index is 602. The fourth-order valence-electron chi connectivity index (χ4n) is 2.78. The van der Waals surface area contributed by atoms with Crippen LogP contribution in [0.3, 0.4) is 0 Å². The lowest BCUT2D eigenvalue weighted by molar-refractivity contribution is 1.06. The molecule has 1 saturated carbocycles. The summed E-state index contributed by atoms with van der Waals surface area (Å²) in [6, 6.07) is 10.5. The molecule has 0 N–H and O–H groups in total. The van der Waals surface area contributed by atoms with Crippen molar-refractivity contribution < 1.29 is 0 Å². The summed E-state index contributed by atoms with van der Waals surface area (Å²) in [6.07, 6.45) is 5.65. The van der Waals surface area contributed by atoms with Crippen LogP contribution in [0.25, 0.3) is 5.57 Å². The molecule has 0 aromatic heterocycles. The highest BCUT2D eigenvalue weighted by molar-refractivity contribution is 6.07. The van der Waals surface area contributed by atoms with Crippen LogP contribution in [0.15, 0.2) is 57.7 Å². The third-order valence-corrected chi connectivity index (χ3v) is 3.90. The molecule has 0 radical (unpaired) electrons. The van der Waals surface area contributed by atoms with Crippen LogP contribution in [-0.4, -0.2) is 19.0 Å². The zero-order chi connectivity index (χ0) is 13.9. The van der Waals surface area contributed by atoms with Crippen molar-refractivity contribution in [3.63, 3.8) is 0 Å². The highest BCUT2D eigenvalue weighted by atomic mass is 14.8. The molecule has 1 fully saturated rings. The molecule has 3 rings (SSSR count). The van der Waals surface area contributed by atoms with Gasteiger partial charge < -0.3 is 0 Å². The highest BCUT2D eigenvalue weighted by Crippen LogP contribution is 2.40. The van der Waals surface area contributed by atoms with Crippen LogP contribution in [0, 0.1) is 5.92 Å². The molecule has 20 heavy (non-hydrogen) atoms. The third-order valence-electron chi connectivity index (χ3n) is 3.90. The van der Waals surface area contributed by atoms with E-state index < -0.39 is 0 Å². The third kappa shape index (κ3) is 2.51. The number of nitrogens with zero attached hydrogens (tertiary/aromatic N) is 2. The van der Waals surface area contributed by atoms with Crippen LogP contribution in [0.1, 0.15) is 31.7 Å². The maximum atomic E-state index is 4.73. The van der Waals surface area contributed by atoms with Gasteiger partial charge in [0.05, 0.1) is 5.70 Å². The van der Waals surface area contributed by atoms with Crippen molar-refractivity contribution >= 4 is 18.0 Å². The van der Waals surface area contributed by atoms with Gasteiger partial charge in [-0.3, -0.25) is 9.98 Å². The molecule has 2 aliphatic rings. The van der Waals surface area contributed by atoms with E-state index in [0.717, 1.165) is 18.7 Å². The van der Waals surface area contributed by atoms with Crippen molar-refractivity contribution in [3.05, 3.63) is 53.2 Å². The summed E-state index contributed by atoms with van der Waals surface area (Å²) in [4.78, 5) is 8.96. The summed E-state index contributed by atoms with van der Waals surface area (Å²) in [5, 5.41) is 0. The summed E-state index contributed by atoms with van der Waals surface area (Å²) in [7, 11) is 0. The van der Waals surface area contributed by atoms with E-state index in [0.29, 0.717) is 5.92 Å². The molecule has 0 atom stereocenters. The molecule has 0 unspecified atom stereocenters. The minimum Gasteiger partial charge on any atom is -0.289 e. The highest BCUT2D eigenvalue weighted by Gasteiger charge is 2.32. The molecule has 0 heterocycles. The number of benzene rings is 1. The molecule has 102 valence electrons. The van der Waals surface area contributed by atoms with Gasteiger partial charge in [-0.25, -0.2) is 0 Å². The number of aliphatic imine (C=N–C) groups is 2. The zero-order valence-electron chi connectivity index (χ0n) is 12.0. The maximum absolute atomic E-state index is 4.73. The second kappa shape index (κ2) is 5.58. The maximum Gasteiger partial charge on any atom is 0.0678 e. The van der Waals surface area contributed by atoms with Gasteiger partial charge in [0.25, 0.3) is 0 Å². The van der Waals surface area contributed by atoms with Crippen LogP contribution >= 0.6 is 0 Å². The lowest BCUT2D eigenvalue weighted by Crippen LogP contribution is -2.07. The molecular formula is C18H20N2. The van der Waals surface area contributed by atoms with Crippen molar-refractivity contribution in [1.29, 1.82) is 0 Å². The molecule has 2 heteroatoms. The molecule has 1 aromatic carbocycles. The van der Waals surface area contributed by atoms with Gasteiger partial charge in [-0.05, 0) is 43.7 Å². The first-order chi connectivity index (χ1) is 9.83. The molecule has 0 amide bonds. The van der Waals surface area contributed by atoms with Crippen LogP contribution in [0.4, 0.5) is 0 Å². The van der Waals surface area contributed by atoms with E-state index in [1.165, 1.54) is 35.3 Å². The lowest BCUT2D eigenvalue weighted by Gasteiger charge is -2.09. The Kier molecular flexibility index (Phi) is 3.64. The monoisotopic (exact) mass is 264 g/mol. The van der Waals surface area contributed by atoms with E-state index in [-0.39, 0.29) is 0 Å². The number of allylic oxidation sites excluding steroid dienone is 3. The smallest absolute Gasteiger partial charge is 0.0678 e. The van der Waals surface area contributed by atoms with Gasteiger partial charge in [-0.2, -0.15) is 0 Å². The summed E-state index contributed by atoms with van der Waals surface area (Å²) in [6.45, 7) is 6.69.